The Kier molecular flexibility index (Phi) is 5.30. The molecule has 0 radical (unpaired) electrons. The maximum absolute atomic E-state index is 10.5. The number of tetrazole rings is 1. The molecule has 1 heterocycles. The molecule has 142 valence electrons. The average molecular weight is 368 g/mol. The molecule has 27 heavy (non-hydrogen) atoms. The van der Waals surface area contributed by atoms with Crippen LogP contribution in [-0.2, 0) is 6.54 Å². The van der Waals surface area contributed by atoms with E-state index in [0.717, 1.165) is 17.5 Å². The zero-order valence-corrected chi connectivity index (χ0v) is 16.0. The number of aryl methyl sites for hydroxylation is 1. The molecular formula is C20H24N4O3. The van der Waals surface area contributed by atoms with E-state index in [4.69, 9.17) is 4.74 Å². The van der Waals surface area contributed by atoms with Gasteiger partial charge in [0.15, 0.2) is 5.82 Å². The van der Waals surface area contributed by atoms with Crippen LogP contribution in [0.4, 0.5) is 0 Å². The van der Waals surface area contributed by atoms with Gasteiger partial charge in [-0.05, 0) is 46.5 Å². The van der Waals surface area contributed by atoms with Crippen molar-refractivity contribution in [3.8, 4) is 39.8 Å². The van der Waals surface area contributed by atoms with Gasteiger partial charge in [-0.3, -0.25) is 0 Å². The Bertz CT molecular complexity index is 950. The van der Waals surface area contributed by atoms with Gasteiger partial charge in [0.05, 0.1) is 12.7 Å². The fourth-order valence-electron chi connectivity index (χ4n) is 3.03. The van der Waals surface area contributed by atoms with E-state index >= 15 is 0 Å². The summed E-state index contributed by atoms with van der Waals surface area (Å²) in [5.41, 5.74) is 2.87. The van der Waals surface area contributed by atoms with Crippen molar-refractivity contribution in [3.05, 3.63) is 35.9 Å². The van der Waals surface area contributed by atoms with Crippen LogP contribution in [0.25, 0.3) is 22.5 Å². The molecule has 3 aromatic rings. The van der Waals surface area contributed by atoms with E-state index in [9.17, 15) is 10.2 Å². The molecule has 2 N–H and O–H groups in total. The van der Waals surface area contributed by atoms with Gasteiger partial charge in [0.1, 0.15) is 17.2 Å². The zero-order valence-electron chi connectivity index (χ0n) is 16.0. The lowest BCUT2D eigenvalue weighted by molar-refractivity contribution is 0.415. The number of methoxy groups -OCH3 is 1. The number of hydrogen-bond acceptors (Lipinski definition) is 6. The van der Waals surface area contributed by atoms with Crippen LogP contribution in [0, 0.1) is 0 Å². The topological polar surface area (TPSA) is 93.3 Å². The molecule has 0 bridgehead atoms. The summed E-state index contributed by atoms with van der Waals surface area (Å²) >= 11 is 0. The summed E-state index contributed by atoms with van der Waals surface area (Å²) in [4.78, 5) is 0. The molecule has 0 atom stereocenters. The maximum atomic E-state index is 10.5. The van der Waals surface area contributed by atoms with E-state index in [0.29, 0.717) is 35.2 Å². The molecule has 7 nitrogen and oxygen atoms in total. The molecule has 7 heteroatoms. The fraction of sp³-hybridized carbons (Fsp3) is 0.350. The molecule has 0 fully saturated rings. The van der Waals surface area contributed by atoms with Gasteiger partial charge in [0.25, 0.3) is 0 Å². The van der Waals surface area contributed by atoms with Crippen molar-refractivity contribution in [2.24, 2.45) is 0 Å². The Morgan fingerprint density at radius 2 is 1.78 bits per heavy atom. The Morgan fingerprint density at radius 3 is 2.44 bits per heavy atom. The molecule has 0 aliphatic heterocycles. The van der Waals surface area contributed by atoms with E-state index in [1.165, 1.54) is 6.07 Å². The first kappa shape index (κ1) is 18.7. The Morgan fingerprint density at radius 1 is 1.04 bits per heavy atom. The highest BCUT2D eigenvalue weighted by Crippen LogP contribution is 2.43. The SMILES string of the molecule is CCCn1nnnc1-c1cc(-c2cc(C(C)C)ccc2OC)c(O)cc1O. The number of benzene rings is 2. The quantitative estimate of drug-likeness (QED) is 0.684. The second-order valence-electron chi connectivity index (χ2n) is 6.73. The Hall–Kier alpha value is -3.09. The summed E-state index contributed by atoms with van der Waals surface area (Å²) in [6.07, 6.45) is 0.855. The molecule has 0 amide bonds. The van der Waals surface area contributed by atoms with Crippen LogP contribution in [0.1, 0.15) is 38.7 Å². The van der Waals surface area contributed by atoms with Crippen LogP contribution < -0.4 is 4.74 Å². The van der Waals surface area contributed by atoms with Gasteiger partial charge in [-0.15, -0.1) is 5.10 Å². The minimum absolute atomic E-state index is 0.0371. The van der Waals surface area contributed by atoms with Crippen LogP contribution in [0.2, 0.25) is 0 Å². The minimum atomic E-state index is -0.0811. The van der Waals surface area contributed by atoms with E-state index in [2.05, 4.69) is 29.4 Å². The van der Waals surface area contributed by atoms with Gasteiger partial charge in [0, 0.05) is 23.7 Å². The number of aromatic hydroxyl groups is 2. The molecular weight excluding hydrogens is 344 g/mol. The van der Waals surface area contributed by atoms with E-state index in [-0.39, 0.29) is 11.5 Å². The van der Waals surface area contributed by atoms with Crippen LogP contribution >= 0.6 is 0 Å². The lowest BCUT2D eigenvalue weighted by atomic mass is 9.94. The number of aromatic nitrogens is 4. The highest BCUT2D eigenvalue weighted by atomic mass is 16.5. The van der Waals surface area contributed by atoms with Crippen molar-refractivity contribution in [2.45, 2.75) is 39.7 Å². The Labute approximate surface area is 158 Å². The molecule has 0 spiro atoms. The van der Waals surface area contributed by atoms with Gasteiger partial charge < -0.3 is 14.9 Å². The average Bonchev–Trinajstić information content (AvgIpc) is 3.09. The zero-order chi connectivity index (χ0) is 19.6. The highest BCUT2D eigenvalue weighted by Gasteiger charge is 2.19. The van der Waals surface area contributed by atoms with Gasteiger partial charge in [-0.1, -0.05) is 26.8 Å². The maximum Gasteiger partial charge on any atom is 0.185 e. The largest absolute Gasteiger partial charge is 0.507 e. The normalized spacial score (nSPS) is 11.1. The molecule has 0 aliphatic rings. The van der Waals surface area contributed by atoms with Crippen molar-refractivity contribution in [1.29, 1.82) is 0 Å². The number of phenolic OH excluding ortho intramolecular Hbond substituents is 2. The number of ether oxygens (including phenoxy) is 1. The first-order chi connectivity index (χ1) is 13.0. The van der Waals surface area contributed by atoms with Crippen LogP contribution in [0.5, 0.6) is 17.2 Å². The summed E-state index contributed by atoms with van der Waals surface area (Å²) < 4.78 is 7.13. The Balaban J connectivity index is 2.20. The third-order valence-electron chi connectivity index (χ3n) is 4.50. The summed E-state index contributed by atoms with van der Waals surface area (Å²) in [7, 11) is 1.59. The van der Waals surface area contributed by atoms with Crippen molar-refractivity contribution in [1.82, 2.24) is 20.2 Å². The summed E-state index contributed by atoms with van der Waals surface area (Å²) in [6, 6.07) is 8.90. The second-order valence-corrected chi connectivity index (χ2v) is 6.73. The molecule has 1 aromatic heterocycles. The van der Waals surface area contributed by atoms with E-state index in [1.54, 1.807) is 17.9 Å². The van der Waals surface area contributed by atoms with Crippen LogP contribution in [0.3, 0.4) is 0 Å². The monoisotopic (exact) mass is 368 g/mol. The summed E-state index contributed by atoms with van der Waals surface area (Å²) in [5.74, 6) is 1.30. The lowest BCUT2D eigenvalue weighted by Gasteiger charge is -2.15. The lowest BCUT2D eigenvalue weighted by Crippen LogP contribution is -2.02. The first-order valence-electron chi connectivity index (χ1n) is 8.97. The van der Waals surface area contributed by atoms with E-state index in [1.807, 2.05) is 25.1 Å². The fourth-order valence-corrected chi connectivity index (χ4v) is 3.03. The van der Waals surface area contributed by atoms with Gasteiger partial charge in [-0.2, -0.15) is 0 Å². The van der Waals surface area contributed by atoms with Crippen molar-refractivity contribution in [2.75, 3.05) is 7.11 Å². The predicted octanol–water partition coefficient (Wildman–Crippen LogP) is 3.96. The highest BCUT2D eigenvalue weighted by molar-refractivity contribution is 5.82. The third-order valence-corrected chi connectivity index (χ3v) is 4.50. The number of nitrogens with zero attached hydrogens (tertiary/aromatic N) is 4. The molecule has 3 rings (SSSR count). The summed E-state index contributed by atoms with van der Waals surface area (Å²) in [6.45, 7) is 6.86. The third kappa shape index (κ3) is 3.58. The molecule has 0 aliphatic carbocycles. The van der Waals surface area contributed by atoms with Crippen molar-refractivity contribution < 1.29 is 14.9 Å². The number of phenols is 2. The standard InChI is InChI=1S/C20H24N4O3/c1-5-8-24-20(21-22-23-24)16-10-14(17(25)11-18(16)26)15-9-13(12(2)3)6-7-19(15)27-4/h6-7,9-12,25-26H,5,8H2,1-4H3. The first-order valence-corrected chi connectivity index (χ1v) is 8.97. The summed E-state index contributed by atoms with van der Waals surface area (Å²) in [5, 5.41) is 32.7. The number of rotatable bonds is 6. The molecule has 0 saturated carbocycles. The van der Waals surface area contributed by atoms with Crippen molar-refractivity contribution >= 4 is 0 Å². The molecule has 2 aromatic carbocycles. The van der Waals surface area contributed by atoms with Crippen LogP contribution in [0.15, 0.2) is 30.3 Å². The van der Waals surface area contributed by atoms with Crippen molar-refractivity contribution in [3.63, 3.8) is 0 Å². The predicted molar refractivity (Wildman–Crippen MR) is 103 cm³/mol. The molecule has 0 unspecified atom stereocenters. The van der Waals surface area contributed by atoms with Gasteiger partial charge >= 0.3 is 0 Å². The second kappa shape index (κ2) is 7.65. The van der Waals surface area contributed by atoms with Gasteiger partial charge in [0.2, 0.25) is 0 Å². The molecule has 0 saturated heterocycles. The van der Waals surface area contributed by atoms with Gasteiger partial charge in [-0.25, -0.2) is 4.68 Å². The van der Waals surface area contributed by atoms with Crippen LogP contribution in [-0.4, -0.2) is 37.5 Å². The smallest absolute Gasteiger partial charge is 0.185 e. The number of hydrogen-bond donors (Lipinski definition) is 2. The minimum Gasteiger partial charge on any atom is -0.507 e. The van der Waals surface area contributed by atoms with E-state index < -0.39 is 0 Å².